The zero-order chi connectivity index (χ0) is 12.8. The number of amides is 1. The van der Waals surface area contributed by atoms with Crippen molar-refractivity contribution in [2.24, 2.45) is 0 Å². The van der Waals surface area contributed by atoms with Crippen LogP contribution in [-0.4, -0.2) is 32.1 Å². The van der Waals surface area contributed by atoms with Gasteiger partial charge in [-0.3, -0.25) is 4.79 Å². The molecule has 0 aromatic heterocycles. The summed E-state index contributed by atoms with van der Waals surface area (Å²) < 4.78 is 5.76. The molecule has 0 radical (unpaired) electrons. The summed E-state index contributed by atoms with van der Waals surface area (Å²) in [5.41, 5.74) is 1.23. The van der Waals surface area contributed by atoms with Gasteiger partial charge in [0.15, 0.2) is 0 Å². The molecule has 1 aromatic rings. The third-order valence-electron chi connectivity index (χ3n) is 3.07. The number of carbonyl (C=O) groups is 1. The molecular weight excluding hydrogens is 228 g/mol. The van der Waals surface area contributed by atoms with Crippen LogP contribution in [0, 0.1) is 0 Å². The summed E-state index contributed by atoms with van der Waals surface area (Å²) in [5.74, 6) is 1.05. The summed E-state index contributed by atoms with van der Waals surface area (Å²) in [6.45, 7) is 1.46. The zero-order valence-corrected chi connectivity index (χ0v) is 10.7. The van der Waals surface area contributed by atoms with E-state index in [0.29, 0.717) is 13.0 Å². The van der Waals surface area contributed by atoms with Crippen LogP contribution >= 0.6 is 0 Å². The van der Waals surface area contributed by atoms with Crippen LogP contribution < -0.4 is 15.4 Å². The topological polar surface area (TPSA) is 50.4 Å². The number of hydrogen-bond donors (Lipinski definition) is 2. The second kappa shape index (κ2) is 6.40. The van der Waals surface area contributed by atoms with Gasteiger partial charge in [0.05, 0.1) is 6.54 Å². The Morgan fingerprint density at radius 3 is 3.06 bits per heavy atom. The Morgan fingerprint density at radius 2 is 2.28 bits per heavy atom. The largest absolute Gasteiger partial charge is 0.488 e. The van der Waals surface area contributed by atoms with Crippen LogP contribution in [-0.2, 0) is 11.2 Å². The number of hydrogen-bond acceptors (Lipinski definition) is 3. The molecule has 1 heterocycles. The Labute approximate surface area is 108 Å². The van der Waals surface area contributed by atoms with Crippen LogP contribution in [0.2, 0.25) is 0 Å². The molecule has 2 rings (SSSR count). The lowest BCUT2D eigenvalue weighted by Crippen LogP contribution is -2.34. The fourth-order valence-electron chi connectivity index (χ4n) is 2.11. The zero-order valence-electron chi connectivity index (χ0n) is 10.7. The molecular formula is C14H20N2O2. The van der Waals surface area contributed by atoms with Gasteiger partial charge in [0.25, 0.3) is 0 Å². The first-order chi connectivity index (χ1) is 8.79. The summed E-state index contributed by atoms with van der Waals surface area (Å²) >= 11 is 0. The van der Waals surface area contributed by atoms with Crippen molar-refractivity contribution < 1.29 is 9.53 Å². The van der Waals surface area contributed by atoms with E-state index in [1.54, 1.807) is 0 Å². The van der Waals surface area contributed by atoms with Crippen LogP contribution in [0.3, 0.4) is 0 Å². The van der Waals surface area contributed by atoms with Crippen molar-refractivity contribution in [3.8, 4) is 5.75 Å². The van der Waals surface area contributed by atoms with Gasteiger partial charge < -0.3 is 15.4 Å². The van der Waals surface area contributed by atoms with Gasteiger partial charge in [-0.25, -0.2) is 0 Å². The molecule has 4 heteroatoms. The van der Waals surface area contributed by atoms with Gasteiger partial charge in [-0.05, 0) is 31.6 Å². The number of rotatable bonds is 6. The highest BCUT2D eigenvalue weighted by atomic mass is 16.5. The standard InChI is InChI=1S/C14H20N2O2/c1-15-8-4-7-14(17)16-10-12-9-11-5-2-3-6-13(11)18-12/h2-3,5-6,12,15H,4,7-10H2,1H3,(H,16,17). The number of benzene rings is 1. The van der Waals surface area contributed by atoms with Crippen LogP contribution in [0.1, 0.15) is 18.4 Å². The van der Waals surface area contributed by atoms with Crippen LogP contribution in [0.15, 0.2) is 24.3 Å². The van der Waals surface area contributed by atoms with Crippen molar-refractivity contribution in [1.82, 2.24) is 10.6 Å². The lowest BCUT2D eigenvalue weighted by Gasteiger charge is -2.11. The Balaban J connectivity index is 1.69. The van der Waals surface area contributed by atoms with Crippen molar-refractivity contribution in [3.63, 3.8) is 0 Å². The molecule has 0 saturated heterocycles. The predicted molar refractivity (Wildman–Crippen MR) is 70.7 cm³/mol. The maximum atomic E-state index is 11.6. The molecule has 1 aromatic carbocycles. The third kappa shape index (κ3) is 3.47. The van der Waals surface area contributed by atoms with E-state index in [1.807, 2.05) is 25.2 Å². The fourth-order valence-corrected chi connectivity index (χ4v) is 2.11. The molecule has 2 N–H and O–H groups in total. The smallest absolute Gasteiger partial charge is 0.220 e. The molecule has 98 valence electrons. The number of fused-ring (bicyclic) bond motifs is 1. The number of para-hydroxylation sites is 1. The predicted octanol–water partition coefficient (Wildman–Crippen LogP) is 1.11. The van der Waals surface area contributed by atoms with Gasteiger partial charge >= 0.3 is 0 Å². The van der Waals surface area contributed by atoms with Crippen LogP contribution in [0.25, 0.3) is 0 Å². The molecule has 1 aliphatic rings. The maximum Gasteiger partial charge on any atom is 0.220 e. The highest BCUT2D eigenvalue weighted by Gasteiger charge is 2.22. The number of nitrogens with one attached hydrogen (secondary N) is 2. The number of carbonyl (C=O) groups excluding carboxylic acids is 1. The second-order valence-corrected chi connectivity index (χ2v) is 4.56. The summed E-state index contributed by atoms with van der Waals surface area (Å²) in [4.78, 5) is 11.6. The van der Waals surface area contributed by atoms with E-state index in [4.69, 9.17) is 4.74 Å². The summed E-state index contributed by atoms with van der Waals surface area (Å²) in [6, 6.07) is 8.03. The fraction of sp³-hybridized carbons (Fsp3) is 0.500. The first kappa shape index (κ1) is 12.9. The van der Waals surface area contributed by atoms with Crippen LogP contribution in [0.5, 0.6) is 5.75 Å². The molecule has 0 saturated carbocycles. The van der Waals surface area contributed by atoms with E-state index in [0.717, 1.165) is 25.1 Å². The Bertz CT molecular complexity index is 382. The van der Waals surface area contributed by atoms with Crippen molar-refractivity contribution >= 4 is 5.91 Å². The summed E-state index contributed by atoms with van der Waals surface area (Å²) in [5, 5.41) is 5.95. The Hall–Kier alpha value is -1.55. The van der Waals surface area contributed by atoms with Gasteiger partial charge in [0.1, 0.15) is 11.9 Å². The molecule has 1 unspecified atom stereocenters. The van der Waals surface area contributed by atoms with Gasteiger partial charge in [0, 0.05) is 12.8 Å². The average Bonchev–Trinajstić information content (AvgIpc) is 2.79. The van der Waals surface area contributed by atoms with E-state index < -0.39 is 0 Å². The van der Waals surface area contributed by atoms with E-state index in [9.17, 15) is 4.79 Å². The van der Waals surface area contributed by atoms with Crippen molar-refractivity contribution in [3.05, 3.63) is 29.8 Å². The Kier molecular flexibility index (Phi) is 4.59. The highest BCUT2D eigenvalue weighted by Crippen LogP contribution is 2.27. The third-order valence-corrected chi connectivity index (χ3v) is 3.07. The molecule has 4 nitrogen and oxygen atoms in total. The lowest BCUT2D eigenvalue weighted by atomic mass is 10.1. The SMILES string of the molecule is CNCCCC(=O)NCC1Cc2ccccc2O1. The lowest BCUT2D eigenvalue weighted by molar-refractivity contribution is -0.121. The minimum absolute atomic E-state index is 0.0793. The maximum absolute atomic E-state index is 11.6. The summed E-state index contributed by atoms with van der Waals surface area (Å²) in [6.07, 6.45) is 2.40. The molecule has 1 amide bonds. The van der Waals surface area contributed by atoms with E-state index in [2.05, 4.69) is 16.7 Å². The number of ether oxygens (including phenoxy) is 1. The van der Waals surface area contributed by atoms with Crippen molar-refractivity contribution in [2.75, 3.05) is 20.1 Å². The quantitative estimate of drug-likeness (QED) is 0.741. The van der Waals surface area contributed by atoms with Crippen molar-refractivity contribution in [2.45, 2.75) is 25.4 Å². The molecule has 1 atom stereocenters. The molecule has 0 aliphatic carbocycles. The minimum atomic E-state index is 0.0793. The highest BCUT2D eigenvalue weighted by molar-refractivity contribution is 5.75. The van der Waals surface area contributed by atoms with Gasteiger partial charge in [0.2, 0.25) is 5.91 Å². The van der Waals surface area contributed by atoms with Crippen molar-refractivity contribution in [1.29, 1.82) is 0 Å². The summed E-state index contributed by atoms with van der Waals surface area (Å²) in [7, 11) is 1.89. The van der Waals surface area contributed by atoms with E-state index in [1.165, 1.54) is 5.56 Å². The normalized spacial score (nSPS) is 17.1. The second-order valence-electron chi connectivity index (χ2n) is 4.56. The minimum Gasteiger partial charge on any atom is -0.488 e. The first-order valence-corrected chi connectivity index (χ1v) is 6.45. The Morgan fingerprint density at radius 1 is 1.44 bits per heavy atom. The van der Waals surface area contributed by atoms with Gasteiger partial charge in [-0.2, -0.15) is 0 Å². The van der Waals surface area contributed by atoms with E-state index in [-0.39, 0.29) is 12.0 Å². The first-order valence-electron chi connectivity index (χ1n) is 6.45. The molecule has 0 bridgehead atoms. The van der Waals surface area contributed by atoms with Gasteiger partial charge in [-0.15, -0.1) is 0 Å². The van der Waals surface area contributed by atoms with Gasteiger partial charge in [-0.1, -0.05) is 18.2 Å². The average molecular weight is 248 g/mol. The molecule has 1 aliphatic heterocycles. The molecule has 0 fully saturated rings. The van der Waals surface area contributed by atoms with Crippen LogP contribution in [0.4, 0.5) is 0 Å². The molecule has 18 heavy (non-hydrogen) atoms. The van der Waals surface area contributed by atoms with E-state index >= 15 is 0 Å². The monoisotopic (exact) mass is 248 g/mol. The molecule has 0 spiro atoms.